The summed E-state index contributed by atoms with van der Waals surface area (Å²) in [6.45, 7) is 3.14. The van der Waals surface area contributed by atoms with Crippen molar-refractivity contribution in [1.29, 1.82) is 0 Å². The van der Waals surface area contributed by atoms with Crippen LogP contribution in [-0.2, 0) is 28.9 Å². The predicted molar refractivity (Wildman–Crippen MR) is 90.4 cm³/mol. The molecule has 4 nitrogen and oxygen atoms in total. The molecule has 0 unspecified atom stereocenters. The number of carbonyl (C=O) groups excluding carboxylic acids is 1. The second kappa shape index (κ2) is 5.68. The van der Waals surface area contributed by atoms with Gasteiger partial charge < -0.3 is 15.0 Å². The lowest BCUT2D eigenvalue weighted by atomic mass is 9.95. The lowest BCUT2D eigenvalue weighted by Crippen LogP contribution is -2.43. The van der Waals surface area contributed by atoms with Crippen LogP contribution in [0.15, 0.2) is 18.2 Å². The zero-order chi connectivity index (χ0) is 15.9. The summed E-state index contributed by atoms with van der Waals surface area (Å²) in [4.78, 5) is 15.9. The summed E-state index contributed by atoms with van der Waals surface area (Å²) < 4.78 is 5.61. The first kappa shape index (κ1) is 14.8. The Morgan fingerprint density at radius 1 is 1.30 bits per heavy atom. The zero-order valence-electron chi connectivity index (χ0n) is 13.7. The highest BCUT2D eigenvalue weighted by atomic mass is 16.5. The Balaban J connectivity index is 1.52. The number of aromatic nitrogens is 1. The summed E-state index contributed by atoms with van der Waals surface area (Å²) in [6.07, 6.45) is 6.65. The first-order valence-electron chi connectivity index (χ1n) is 8.70. The van der Waals surface area contributed by atoms with Gasteiger partial charge in [0.1, 0.15) is 5.60 Å². The summed E-state index contributed by atoms with van der Waals surface area (Å²) in [5, 5.41) is 4.37. The van der Waals surface area contributed by atoms with Gasteiger partial charge >= 0.3 is 0 Å². The van der Waals surface area contributed by atoms with Crippen LogP contribution in [-0.4, -0.2) is 23.1 Å². The quantitative estimate of drug-likeness (QED) is 0.914. The van der Waals surface area contributed by atoms with Crippen molar-refractivity contribution in [2.24, 2.45) is 0 Å². The van der Waals surface area contributed by atoms with E-state index in [-0.39, 0.29) is 5.91 Å². The summed E-state index contributed by atoms with van der Waals surface area (Å²) in [6, 6.07) is 6.47. The fraction of sp³-hybridized carbons (Fsp3) is 0.526. The fourth-order valence-electron chi connectivity index (χ4n) is 3.89. The molecule has 23 heavy (non-hydrogen) atoms. The highest BCUT2D eigenvalue weighted by Gasteiger charge is 2.37. The Kier molecular flexibility index (Phi) is 3.64. The van der Waals surface area contributed by atoms with Gasteiger partial charge in [-0.3, -0.25) is 4.79 Å². The topological polar surface area (TPSA) is 54.1 Å². The Bertz CT molecular complexity index is 741. The van der Waals surface area contributed by atoms with Gasteiger partial charge in [-0.15, -0.1) is 0 Å². The van der Waals surface area contributed by atoms with Crippen molar-refractivity contribution in [2.45, 2.75) is 57.6 Å². The number of H-pyrrole nitrogens is 1. The fourth-order valence-corrected chi connectivity index (χ4v) is 3.89. The van der Waals surface area contributed by atoms with Gasteiger partial charge in [0.25, 0.3) is 5.91 Å². The third-order valence-corrected chi connectivity index (χ3v) is 5.31. The van der Waals surface area contributed by atoms with Crippen LogP contribution in [0, 0.1) is 0 Å². The zero-order valence-corrected chi connectivity index (χ0v) is 13.7. The molecular formula is C19H24N2O2. The molecule has 1 amide bonds. The molecule has 122 valence electrons. The third-order valence-electron chi connectivity index (χ3n) is 5.31. The molecule has 2 heterocycles. The summed E-state index contributed by atoms with van der Waals surface area (Å²) in [5.74, 6) is 0.00574. The van der Waals surface area contributed by atoms with E-state index in [1.807, 2.05) is 6.92 Å². The Morgan fingerprint density at radius 2 is 2.17 bits per heavy atom. The molecule has 0 bridgehead atoms. The lowest BCUT2D eigenvalue weighted by molar-refractivity contribution is -0.139. The average molecular weight is 312 g/mol. The number of amides is 1. The van der Waals surface area contributed by atoms with E-state index in [1.54, 1.807) is 0 Å². The summed E-state index contributed by atoms with van der Waals surface area (Å²) >= 11 is 0. The standard InChI is InChI=1S/C19H24N2O2/c1-19(9-4-10-23-19)18(22)20-12-13-7-8-17-15(11-13)14-5-2-3-6-16(14)21-17/h7-8,11,21H,2-6,9-10,12H2,1H3,(H,20,22)/t19-/m0/s1. The van der Waals surface area contributed by atoms with Gasteiger partial charge in [0.05, 0.1) is 0 Å². The number of aryl methyl sites for hydroxylation is 2. The second-order valence-electron chi connectivity index (χ2n) is 7.03. The number of fused-ring (bicyclic) bond motifs is 3. The minimum Gasteiger partial charge on any atom is -0.365 e. The van der Waals surface area contributed by atoms with Gasteiger partial charge in [-0.1, -0.05) is 6.07 Å². The average Bonchev–Trinajstić information content (AvgIpc) is 3.17. The first-order valence-corrected chi connectivity index (χ1v) is 8.70. The molecule has 4 rings (SSSR count). The molecule has 1 aliphatic heterocycles. The second-order valence-corrected chi connectivity index (χ2v) is 7.03. The van der Waals surface area contributed by atoms with Crippen molar-refractivity contribution in [3.8, 4) is 0 Å². The molecule has 0 radical (unpaired) electrons. The van der Waals surface area contributed by atoms with Gasteiger partial charge in [-0.2, -0.15) is 0 Å². The molecule has 1 aromatic carbocycles. The number of aromatic amines is 1. The third kappa shape index (κ3) is 2.65. The van der Waals surface area contributed by atoms with E-state index in [0.717, 1.165) is 31.2 Å². The molecular weight excluding hydrogens is 288 g/mol. The van der Waals surface area contributed by atoms with Crippen molar-refractivity contribution >= 4 is 16.8 Å². The van der Waals surface area contributed by atoms with E-state index in [0.29, 0.717) is 13.2 Å². The van der Waals surface area contributed by atoms with Crippen LogP contribution in [0.3, 0.4) is 0 Å². The normalized spacial score (nSPS) is 23.9. The lowest BCUT2D eigenvalue weighted by Gasteiger charge is -2.21. The van der Waals surface area contributed by atoms with Crippen LogP contribution < -0.4 is 5.32 Å². The van der Waals surface area contributed by atoms with Crippen molar-refractivity contribution in [3.63, 3.8) is 0 Å². The van der Waals surface area contributed by atoms with E-state index in [4.69, 9.17) is 4.74 Å². The number of carbonyl (C=O) groups is 1. The van der Waals surface area contributed by atoms with Gasteiger partial charge in [0.15, 0.2) is 0 Å². The molecule has 1 saturated heterocycles. The number of rotatable bonds is 3. The van der Waals surface area contributed by atoms with Crippen LogP contribution in [0.25, 0.3) is 10.9 Å². The van der Waals surface area contributed by atoms with Crippen LogP contribution >= 0.6 is 0 Å². The van der Waals surface area contributed by atoms with Crippen molar-refractivity contribution < 1.29 is 9.53 Å². The van der Waals surface area contributed by atoms with Crippen LogP contribution in [0.2, 0.25) is 0 Å². The number of nitrogens with one attached hydrogen (secondary N) is 2. The SMILES string of the molecule is C[C@@]1(C(=O)NCc2ccc3[nH]c4c(c3c2)CCCC4)CCCO1. The maximum atomic E-state index is 12.3. The van der Waals surface area contributed by atoms with Gasteiger partial charge in [0, 0.05) is 29.7 Å². The van der Waals surface area contributed by atoms with Crippen molar-refractivity contribution in [2.75, 3.05) is 6.61 Å². The van der Waals surface area contributed by atoms with Crippen molar-refractivity contribution in [1.82, 2.24) is 10.3 Å². The molecule has 2 N–H and O–H groups in total. The van der Waals surface area contributed by atoms with E-state index in [1.165, 1.54) is 35.0 Å². The molecule has 2 aliphatic rings. The van der Waals surface area contributed by atoms with E-state index < -0.39 is 5.60 Å². The predicted octanol–water partition coefficient (Wildman–Crippen LogP) is 3.23. The Labute approximate surface area is 136 Å². The summed E-state index contributed by atoms with van der Waals surface area (Å²) in [5.41, 5.74) is 4.61. The monoisotopic (exact) mass is 312 g/mol. The molecule has 1 fully saturated rings. The number of hydrogen-bond donors (Lipinski definition) is 2. The molecule has 1 aromatic heterocycles. The first-order chi connectivity index (χ1) is 11.2. The Hall–Kier alpha value is -1.81. The molecule has 2 aromatic rings. The highest BCUT2D eigenvalue weighted by molar-refractivity contribution is 5.87. The number of benzene rings is 1. The Morgan fingerprint density at radius 3 is 3.00 bits per heavy atom. The van der Waals surface area contributed by atoms with Crippen LogP contribution in [0.4, 0.5) is 0 Å². The largest absolute Gasteiger partial charge is 0.365 e. The van der Waals surface area contributed by atoms with Gasteiger partial charge in [-0.25, -0.2) is 0 Å². The maximum absolute atomic E-state index is 12.3. The summed E-state index contributed by atoms with van der Waals surface area (Å²) in [7, 11) is 0. The van der Waals surface area contributed by atoms with E-state index in [9.17, 15) is 4.79 Å². The van der Waals surface area contributed by atoms with Gasteiger partial charge in [0.2, 0.25) is 0 Å². The van der Waals surface area contributed by atoms with E-state index in [2.05, 4.69) is 28.5 Å². The molecule has 0 spiro atoms. The molecule has 1 atom stereocenters. The van der Waals surface area contributed by atoms with Gasteiger partial charge in [-0.05, 0) is 68.7 Å². The van der Waals surface area contributed by atoms with Crippen LogP contribution in [0.5, 0.6) is 0 Å². The minimum atomic E-state index is -0.642. The van der Waals surface area contributed by atoms with Crippen LogP contribution in [0.1, 0.15) is 49.4 Å². The molecule has 0 saturated carbocycles. The van der Waals surface area contributed by atoms with E-state index >= 15 is 0 Å². The van der Waals surface area contributed by atoms with Crippen molar-refractivity contribution in [3.05, 3.63) is 35.0 Å². The number of hydrogen-bond acceptors (Lipinski definition) is 2. The molecule has 1 aliphatic carbocycles. The number of ether oxygens (including phenoxy) is 1. The highest BCUT2D eigenvalue weighted by Crippen LogP contribution is 2.30. The smallest absolute Gasteiger partial charge is 0.252 e. The minimum absolute atomic E-state index is 0.00574. The maximum Gasteiger partial charge on any atom is 0.252 e. The molecule has 4 heteroatoms.